The number of rotatable bonds is 3. The van der Waals surface area contributed by atoms with Gasteiger partial charge in [-0.25, -0.2) is 4.98 Å². The van der Waals surface area contributed by atoms with Gasteiger partial charge >= 0.3 is 0 Å². The Hall–Kier alpha value is -0.990. The van der Waals surface area contributed by atoms with Crippen molar-refractivity contribution in [2.75, 3.05) is 5.73 Å². The Morgan fingerprint density at radius 3 is 2.25 bits per heavy atom. The third-order valence-electron chi connectivity index (χ3n) is 2.70. The summed E-state index contributed by atoms with van der Waals surface area (Å²) in [4.78, 5) is 4.74. The van der Waals surface area contributed by atoms with Crippen LogP contribution in [0.4, 0.5) is 5.82 Å². The average Bonchev–Trinajstić information content (AvgIpc) is 2.44. The average molecular weight is 223 g/mol. The second kappa shape index (κ2) is 4.48. The first-order chi connectivity index (χ1) is 7.29. The lowest BCUT2D eigenvalue weighted by Gasteiger charge is -2.19. The van der Waals surface area contributed by atoms with Gasteiger partial charge in [0.15, 0.2) is 0 Å². The van der Waals surface area contributed by atoms with Crippen LogP contribution in [0.25, 0.3) is 0 Å². The Morgan fingerprint density at radius 1 is 1.31 bits per heavy atom. The topological polar surface area (TPSA) is 43.8 Å². The zero-order valence-corrected chi connectivity index (χ0v) is 11.5. The fourth-order valence-electron chi connectivity index (χ4n) is 1.93. The molecule has 0 saturated heterocycles. The van der Waals surface area contributed by atoms with E-state index in [0.29, 0.717) is 5.92 Å². The highest BCUT2D eigenvalue weighted by molar-refractivity contribution is 5.41. The smallest absolute Gasteiger partial charge is 0.127 e. The van der Waals surface area contributed by atoms with Gasteiger partial charge in [-0.1, -0.05) is 41.5 Å². The maximum absolute atomic E-state index is 6.19. The number of imidazole rings is 1. The summed E-state index contributed by atoms with van der Waals surface area (Å²) < 4.78 is 2.18. The first-order valence-electron chi connectivity index (χ1n) is 6.15. The van der Waals surface area contributed by atoms with Gasteiger partial charge in [0.1, 0.15) is 11.6 Å². The van der Waals surface area contributed by atoms with E-state index in [0.717, 1.165) is 30.3 Å². The van der Waals surface area contributed by atoms with Gasteiger partial charge in [0.2, 0.25) is 0 Å². The van der Waals surface area contributed by atoms with Crippen molar-refractivity contribution in [3.8, 4) is 0 Å². The molecule has 3 heteroatoms. The molecule has 0 atom stereocenters. The molecule has 3 nitrogen and oxygen atoms in total. The highest BCUT2D eigenvalue weighted by Crippen LogP contribution is 2.29. The first kappa shape index (κ1) is 13.1. The molecule has 16 heavy (non-hydrogen) atoms. The molecule has 0 radical (unpaired) electrons. The number of nitrogens with two attached hydrogens (primary N) is 1. The van der Waals surface area contributed by atoms with Crippen LogP contribution in [0.1, 0.15) is 65.4 Å². The quantitative estimate of drug-likeness (QED) is 0.854. The van der Waals surface area contributed by atoms with Gasteiger partial charge in [0, 0.05) is 12.0 Å². The molecule has 1 rings (SSSR count). The van der Waals surface area contributed by atoms with Crippen LogP contribution in [0.15, 0.2) is 0 Å². The molecule has 0 saturated carbocycles. The lowest BCUT2D eigenvalue weighted by Crippen LogP contribution is -2.19. The number of hydrogen-bond donors (Lipinski definition) is 1. The van der Waals surface area contributed by atoms with Crippen LogP contribution in [0.5, 0.6) is 0 Å². The summed E-state index contributed by atoms with van der Waals surface area (Å²) in [5, 5.41) is 0. The van der Waals surface area contributed by atoms with E-state index in [1.165, 1.54) is 0 Å². The normalized spacial score (nSPS) is 12.4. The summed E-state index contributed by atoms with van der Waals surface area (Å²) in [5.41, 5.74) is 7.28. The Labute approximate surface area is 99.1 Å². The Balaban J connectivity index is 3.31. The summed E-state index contributed by atoms with van der Waals surface area (Å²) in [5.74, 6) is 2.34. The minimum atomic E-state index is 0.0520. The fraction of sp³-hybridized carbons (Fsp3) is 0.769. The highest BCUT2D eigenvalue weighted by Gasteiger charge is 2.25. The van der Waals surface area contributed by atoms with Crippen molar-refractivity contribution >= 4 is 5.82 Å². The molecule has 1 aromatic rings. The molecule has 1 heterocycles. The zero-order valence-electron chi connectivity index (χ0n) is 11.5. The molecule has 92 valence electrons. The monoisotopic (exact) mass is 223 g/mol. The molecular formula is C13H25N3. The van der Waals surface area contributed by atoms with Crippen molar-refractivity contribution < 1.29 is 0 Å². The fourth-order valence-corrected chi connectivity index (χ4v) is 1.93. The molecule has 0 bridgehead atoms. The first-order valence-corrected chi connectivity index (χ1v) is 6.15. The van der Waals surface area contributed by atoms with E-state index in [9.17, 15) is 0 Å². The second-order valence-corrected chi connectivity index (χ2v) is 5.76. The predicted molar refractivity (Wildman–Crippen MR) is 69.7 cm³/mol. The predicted octanol–water partition coefficient (Wildman–Crippen LogP) is 3.30. The summed E-state index contributed by atoms with van der Waals surface area (Å²) in [6, 6.07) is 0. The zero-order chi connectivity index (χ0) is 12.5. The summed E-state index contributed by atoms with van der Waals surface area (Å²) in [7, 11) is 0. The van der Waals surface area contributed by atoms with Crippen LogP contribution >= 0.6 is 0 Å². The van der Waals surface area contributed by atoms with Gasteiger partial charge in [-0.05, 0) is 12.3 Å². The number of anilines is 1. The molecule has 0 aliphatic carbocycles. The van der Waals surface area contributed by atoms with Crippen LogP contribution in [0, 0.1) is 0 Å². The Kier molecular flexibility index (Phi) is 3.66. The third-order valence-corrected chi connectivity index (χ3v) is 2.70. The van der Waals surface area contributed by atoms with Crippen LogP contribution in [0.2, 0.25) is 0 Å². The molecule has 0 unspecified atom stereocenters. The van der Waals surface area contributed by atoms with Crippen LogP contribution < -0.4 is 5.73 Å². The summed E-state index contributed by atoms with van der Waals surface area (Å²) in [6.45, 7) is 14.0. The Bertz CT molecular complexity index is 356. The van der Waals surface area contributed by atoms with Crippen LogP contribution in [-0.2, 0) is 12.0 Å². The minimum Gasteiger partial charge on any atom is -0.384 e. The maximum atomic E-state index is 6.19. The van der Waals surface area contributed by atoms with Crippen molar-refractivity contribution in [3.63, 3.8) is 0 Å². The second-order valence-electron chi connectivity index (χ2n) is 5.76. The number of hydrogen-bond acceptors (Lipinski definition) is 2. The molecule has 0 aliphatic rings. The van der Waals surface area contributed by atoms with Crippen molar-refractivity contribution in [2.45, 2.75) is 65.8 Å². The Morgan fingerprint density at radius 2 is 1.88 bits per heavy atom. The van der Waals surface area contributed by atoms with E-state index in [1.54, 1.807) is 0 Å². The summed E-state index contributed by atoms with van der Waals surface area (Å²) in [6.07, 6.45) is 1.08. The molecule has 0 aliphatic heterocycles. The van der Waals surface area contributed by atoms with Crippen LogP contribution in [-0.4, -0.2) is 9.55 Å². The lowest BCUT2D eigenvalue weighted by molar-refractivity contribution is 0.497. The molecule has 1 aromatic heterocycles. The van der Waals surface area contributed by atoms with Crippen molar-refractivity contribution in [2.24, 2.45) is 0 Å². The standard InChI is InChI=1S/C13H25N3/c1-7-8-16-11(14)10(9(2)3)15-12(16)13(4,5)6/h9H,7-8,14H2,1-6H3. The third kappa shape index (κ3) is 2.39. The van der Waals surface area contributed by atoms with Crippen molar-refractivity contribution in [3.05, 3.63) is 11.5 Å². The van der Waals surface area contributed by atoms with Gasteiger partial charge in [-0.15, -0.1) is 0 Å². The van der Waals surface area contributed by atoms with Gasteiger partial charge in [-0.3, -0.25) is 0 Å². The van der Waals surface area contributed by atoms with E-state index >= 15 is 0 Å². The summed E-state index contributed by atoms with van der Waals surface area (Å²) >= 11 is 0. The largest absolute Gasteiger partial charge is 0.384 e. The van der Waals surface area contributed by atoms with Gasteiger partial charge in [0.05, 0.1) is 5.69 Å². The van der Waals surface area contributed by atoms with E-state index < -0.39 is 0 Å². The number of nitrogen functional groups attached to an aromatic ring is 1. The maximum Gasteiger partial charge on any atom is 0.127 e. The molecule has 0 spiro atoms. The molecule has 0 amide bonds. The molecule has 2 N–H and O–H groups in total. The van der Waals surface area contributed by atoms with E-state index in [-0.39, 0.29) is 5.41 Å². The molecule has 0 aromatic carbocycles. The van der Waals surface area contributed by atoms with E-state index in [1.807, 2.05) is 0 Å². The number of aromatic nitrogens is 2. The van der Waals surface area contributed by atoms with Crippen LogP contribution in [0.3, 0.4) is 0 Å². The van der Waals surface area contributed by atoms with Gasteiger partial charge in [0.25, 0.3) is 0 Å². The van der Waals surface area contributed by atoms with Gasteiger partial charge < -0.3 is 10.3 Å². The SMILES string of the molecule is CCCn1c(C(C)(C)C)nc(C(C)C)c1N. The van der Waals surface area contributed by atoms with Crippen molar-refractivity contribution in [1.29, 1.82) is 0 Å². The molecule has 0 fully saturated rings. The highest BCUT2D eigenvalue weighted by atomic mass is 15.2. The molecular weight excluding hydrogens is 198 g/mol. The van der Waals surface area contributed by atoms with Crippen molar-refractivity contribution in [1.82, 2.24) is 9.55 Å². The lowest BCUT2D eigenvalue weighted by atomic mass is 9.95. The van der Waals surface area contributed by atoms with Gasteiger partial charge in [-0.2, -0.15) is 0 Å². The minimum absolute atomic E-state index is 0.0520. The van der Waals surface area contributed by atoms with E-state index in [4.69, 9.17) is 10.7 Å². The number of nitrogens with zero attached hydrogens (tertiary/aromatic N) is 2. The van der Waals surface area contributed by atoms with E-state index in [2.05, 4.69) is 46.1 Å².